The van der Waals surface area contributed by atoms with Crippen LogP contribution in [0.2, 0.25) is 5.02 Å². The van der Waals surface area contributed by atoms with Crippen molar-refractivity contribution in [1.82, 2.24) is 5.32 Å². The van der Waals surface area contributed by atoms with E-state index in [1.807, 2.05) is 20.8 Å². The maximum atomic E-state index is 13.7. The molecule has 0 spiro atoms. The van der Waals surface area contributed by atoms with E-state index in [9.17, 15) is 9.50 Å². The molecule has 0 saturated carbocycles. The number of rotatable bonds is 3. The first-order valence-corrected chi connectivity index (χ1v) is 5.92. The van der Waals surface area contributed by atoms with Crippen LogP contribution in [-0.4, -0.2) is 17.2 Å². The van der Waals surface area contributed by atoms with E-state index in [0.717, 1.165) is 0 Å². The Bertz CT molecular complexity index is 399. The number of β-amino-alcohol motifs (C(OH)–C–C–N with tert-alkyl or cyclic N) is 1. The summed E-state index contributed by atoms with van der Waals surface area (Å²) in [5, 5.41) is 13.8. The second-order valence-corrected chi connectivity index (χ2v) is 5.94. The summed E-state index contributed by atoms with van der Waals surface area (Å²) < 4.78 is 13.7. The summed E-state index contributed by atoms with van der Waals surface area (Å²) in [5.41, 5.74) is -1.15. The number of hydrogen-bond donors (Lipinski definition) is 2. The summed E-state index contributed by atoms with van der Waals surface area (Å²) >= 11 is 5.68. The molecule has 17 heavy (non-hydrogen) atoms. The second-order valence-electron chi connectivity index (χ2n) is 5.50. The van der Waals surface area contributed by atoms with Crippen molar-refractivity contribution in [2.24, 2.45) is 0 Å². The van der Waals surface area contributed by atoms with Crippen molar-refractivity contribution in [2.45, 2.75) is 38.8 Å². The van der Waals surface area contributed by atoms with Gasteiger partial charge in [0.15, 0.2) is 0 Å². The fraction of sp³-hybridized carbons (Fsp3) is 0.538. The van der Waals surface area contributed by atoms with Gasteiger partial charge in [0.25, 0.3) is 0 Å². The number of halogens is 2. The molecule has 0 radical (unpaired) electrons. The van der Waals surface area contributed by atoms with E-state index in [1.165, 1.54) is 12.1 Å². The maximum Gasteiger partial charge on any atom is 0.130 e. The van der Waals surface area contributed by atoms with Gasteiger partial charge in [0.05, 0.1) is 0 Å². The van der Waals surface area contributed by atoms with Crippen LogP contribution in [0.15, 0.2) is 18.2 Å². The third-order valence-corrected chi connectivity index (χ3v) is 2.71. The van der Waals surface area contributed by atoms with Gasteiger partial charge in [-0.15, -0.1) is 0 Å². The molecule has 0 fully saturated rings. The minimum atomic E-state index is -1.26. The average molecular weight is 260 g/mol. The molecular weight excluding hydrogens is 241 g/mol. The van der Waals surface area contributed by atoms with Gasteiger partial charge >= 0.3 is 0 Å². The average Bonchev–Trinajstić information content (AvgIpc) is 2.13. The van der Waals surface area contributed by atoms with Crippen LogP contribution in [0.1, 0.15) is 33.3 Å². The van der Waals surface area contributed by atoms with Gasteiger partial charge in [-0.05, 0) is 39.8 Å². The summed E-state index contributed by atoms with van der Waals surface area (Å²) in [6.07, 6.45) is 0. The molecule has 0 amide bonds. The molecule has 4 heteroatoms. The number of nitrogens with one attached hydrogen (secondary N) is 1. The Kier molecular flexibility index (Phi) is 4.18. The molecule has 96 valence electrons. The minimum Gasteiger partial charge on any atom is -0.384 e. The van der Waals surface area contributed by atoms with Crippen LogP contribution in [0.25, 0.3) is 0 Å². The van der Waals surface area contributed by atoms with Crippen molar-refractivity contribution in [3.05, 3.63) is 34.6 Å². The topological polar surface area (TPSA) is 32.3 Å². The SMILES string of the molecule is CC(C)(C)NCC(C)(O)c1ccc(Cl)cc1F. The van der Waals surface area contributed by atoms with Gasteiger partial charge in [-0.25, -0.2) is 4.39 Å². The summed E-state index contributed by atoms with van der Waals surface area (Å²) in [6, 6.07) is 4.30. The Balaban J connectivity index is 2.89. The monoisotopic (exact) mass is 259 g/mol. The molecule has 0 aliphatic heterocycles. The molecule has 0 bridgehead atoms. The van der Waals surface area contributed by atoms with Crippen LogP contribution in [0.4, 0.5) is 4.39 Å². The lowest BCUT2D eigenvalue weighted by Gasteiger charge is -2.30. The maximum absolute atomic E-state index is 13.7. The van der Waals surface area contributed by atoms with E-state index in [0.29, 0.717) is 5.02 Å². The zero-order valence-corrected chi connectivity index (χ0v) is 11.4. The summed E-state index contributed by atoms with van der Waals surface area (Å²) in [4.78, 5) is 0. The molecule has 0 aliphatic rings. The minimum absolute atomic E-state index is 0.132. The molecule has 0 aliphatic carbocycles. The van der Waals surface area contributed by atoms with Crippen molar-refractivity contribution in [3.8, 4) is 0 Å². The normalized spacial score (nSPS) is 15.7. The van der Waals surface area contributed by atoms with E-state index in [1.54, 1.807) is 13.0 Å². The highest BCUT2D eigenvalue weighted by Crippen LogP contribution is 2.25. The standard InChI is InChI=1S/C13H19ClFNO/c1-12(2,3)16-8-13(4,17)10-6-5-9(14)7-11(10)15/h5-7,16-17H,8H2,1-4H3. The zero-order valence-electron chi connectivity index (χ0n) is 10.6. The first kappa shape index (κ1) is 14.4. The van der Waals surface area contributed by atoms with Crippen molar-refractivity contribution in [3.63, 3.8) is 0 Å². The quantitative estimate of drug-likeness (QED) is 0.874. The van der Waals surface area contributed by atoms with E-state index >= 15 is 0 Å². The molecule has 1 unspecified atom stereocenters. The van der Waals surface area contributed by atoms with Gasteiger partial charge in [-0.1, -0.05) is 17.7 Å². The molecule has 1 aromatic rings. The van der Waals surface area contributed by atoms with Crippen molar-refractivity contribution in [1.29, 1.82) is 0 Å². The highest BCUT2D eigenvalue weighted by molar-refractivity contribution is 6.30. The van der Waals surface area contributed by atoms with Crippen LogP contribution in [0.5, 0.6) is 0 Å². The molecule has 1 rings (SSSR count). The van der Waals surface area contributed by atoms with Crippen LogP contribution >= 0.6 is 11.6 Å². The van der Waals surface area contributed by atoms with Crippen molar-refractivity contribution in [2.75, 3.05) is 6.54 Å². The summed E-state index contributed by atoms with van der Waals surface area (Å²) in [6.45, 7) is 7.82. The fourth-order valence-corrected chi connectivity index (χ4v) is 1.62. The molecular formula is C13H19ClFNO. The van der Waals surface area contributed by atoms with Crippen LogP contribution in [0.3, 0.4) is 0 Å². The molecule has 0 saturated heterocycles. The Morgan fingerprint density at radius 1 is 1.29 bits per heavy atom. The van der Waals surface area contributed by atoms with Crippen LogP contribution in [-0.2, 0) is 5.60 Å². The molecule has 0 aromatic heterocycles. The van der Waals surface area contributed by atoms with Gasteiger partial charge in [-0.3, -0.25) is 0 Å². The Labute approximate surface area is 107 Å². The lowest BCUT2D eigenvalue weighted by molar-refractivity contribution is 0.0466. The number of aliphatic hydroxyl groups is 1. The van der Waals surface area contributed by atoms with Crippen LogP contribution in [0, 0.1) is 5.82 Å². The van der Waals surface area contributed by atoms with E-state index in [-0.39, 0.29) is 17.6 Å². The summed E-state index contributed by atoms with van der Waals surface area (Å²) in [5.74, 6) is -0.488. The molecule has 1 aromatic carbocycles. The second kappa shape index (κ2) is 4.92. The Hall–Kier alpha value is -0.640. The van der Waals surface area contributed by atoms with Crippen LogP contribution < -0.4 is 5.32 Å². The lowest BCUT2D eigenvalue weighted by Crippen LogP contribution is -2.45. The number of benzene rings is 1. The van der Waals surface area contributed by atoms with Gasteiger partial charge in [0.2, 0.25) is 0 Å². The molecule has 0 heterocycles. The first-order chi connectivity index (χ1) is 7.62. The Morgan fingerprint density at radius 3 is 2.35 bits per heavy atom. The van der Waals surface area contributed by atoms with Gasteiger partial charge < -0.3 is 10.4 Å². The predicted molar refractivity (Wildman–Crippen MR) is 68.7 cm³/mol. The predicted octanol–water partition coefficient (Wildman–Crippen LogP) is 3.07. The smallest absolute Gasteiger partial charge is 0.130 e. The first-order valence-electron chi connectivity index (χ1n) is 5.55. The summed E-state index contributed by atoms with van der Waals surface area (Å²) in [7, 11) is 0. The highest BCUT2D eigenvalue weighted by Gasteiger charge is 2.28. The number of hydrogen-bond acceptors (Lipinski definition) is 2. The zero-order chi connectivity index (χ0) is 13.3. The van der Waals surface area contributed by atoms with Gasteiger partial charge in [0.1, 0.15) is 11.4 Å². The van der Waals surface area contributed by atoms with Gasteiger partial charge in [0, 0.05) is 22.7 Å². The van der Waals surface area contributed by atoms with Crippen molar-refractivity contribution < 1.29 is 9.50 Å². The lowest BCUT2D eigenvalue weighted by atomic mass is 9.94. The van der Waals surface area contributed by atoms with E-state index in [2.05, 4.69) is 5.32 Å². The van der Waals surface area contributed by atoms with E-state index < -0.39 is 11.4 Å². The third kappa shape index (κ3) is 4.26. The third-order valence-electron chi connectivity index (χ3n) is 2.47. The molecule has 2 N–H and O–H groups in total. The molecule has 1 atom stereocenters. The fourth-order valence-electron chi connectivity index (χ4n) is 1.46. The Morgan fingerprint density at radius 2 is 1.88 bits per heavy atom. The highest BCUT2D eigenvalue weighted by atomic mass is 35.5. The largest absolute Gasteiger partial charge is 0.384 e. The van der Waals surface area contributed by atoms with Gasteiger partial charge in [-0.2, -0.15) is 0 Å². The van der Waals surface area contributed by atoms with E-state index in [4.69, 9.17) is 11.6 Å². The van der Waals surface area contributed by atoms with Crippen molar-refractivity contribution >= 4 is 11.6 Å². The molecule has 2 nitrogen and oxygen atoms in total.